The van der Waals surface area contributed by atoms with Gasteiger partial charge in [0.2, 0.25) is 12.0 Å². The van der Waals surface area contributed by atoms with Crippen LogP contribution >= 0.6 is 0 Å². The topological polar surface area (TPSA) is 46.0 Å². The molecule has 0 aromatic heterocycles. The summed E-state index contributed by atoms with van der Waals surface area (Å²) in [6, 6.07) is 14.2. The second-order valence-corrected chi connectivity index (χ2v) is 7.17. The standard InChI is InChI=1S/C22H20FN4O/c23-17-6-10-20(11-7-17)28-19-8-4-16(5-9-19)22-21-14-24-15-27(21,13-12-25-22)26-18-2-1-3-18/h4-15,18,26H,1-3H2/q+1. The molecule has 0 spiro atoms. The summed E-state index contributed by atoms with van der Waals surface area (Å²) in [5, 5.41) is 0. The first-order valence-corrected chi connectivity index (χ1v) is 9.43. The van der Waals surface area contributed by atoms with Gasteiger partial charge in [0.15, 0.2) is 0 Å². The highest BCUT2D eigenvalue weighted by atomic mass is 19.1. The van der Waals surface area contributed by atoms with Crippen LogP contribution in [-0.2, 0) is 0 Å². The second-order valence-electron chi connectivity index (χ2n) is 7.17. The van der Waals surface area contributed by atoms with E-state index in [0.717, 1.165) is 17.0 Å². The van der Waals surface area contributed by atoms with E-state index in [0.29, 0.717) is 22.1 Å². The maximum atomic E-state index is 13.0. The Morgan fingerprint density at radius 2 is 1.71 bits per heavy atom. The van der Waals surface area contributed by atoms with Crippen molar-refractivity contribution in [1.29, 1.82) is 0 Å². The number of fused-ring (bicyclic) bond motifs is 1. The Balaban J connectivity index is 1.36. The van der Waals surface area contributed by atoms with Crippen molar-refractivity contribution in [3.8, 4) is 11.5 Å². The monoisotopic (exact) mass is 375 g/mol. The number of hydrogen-bond donors (Lipinski definition) is 1. The molecule has 3 aliphatic rings. The van der Waals surface area contributed by atoms with Crippen LogP contribution in [0.3, 0.4) is 0 Å². The number of aliphatic imine (C=N–C) groups is 2. The highest BCUT2D eigenvalue weighted by Crippen LogP contribution is 2.31. The maximum absolute atomic E-state index is 13.0. The van der Waals surface area contributed by atoms with E-state index in [2.05, 4.69) is 15.4 Å². The molecule has 5 rings (SSSR count). The minimum atomic E-state index is -0.282. The van der Waals surface area contributed by atoms with Crippen molar-refractivity contribution in [2.75, 3.05) is 0 Å². The highest BCUT2D eigenvalue weighted by Gasteiger charge is 2.42. The van der Waals surface area contributed by atoms with E-state index >= 15 is 0 Å². The fourth-order valence-electron chi connectivity index (χ4n) is 3.53. The molecule has 6 heteroatoms. The first-order valence-electron chi connectivity index (χ1n) is 9.43. The molecule has 5 nitrogen and oxygen atoms in total. The van der Waals surface area contributed by atoms with Crippen LogP contribution in [0.5, 0.6) is 11.5 Å². The van der Waals surface area contributed by atoms with Gasteiger partial charge in [-0.3, -0.25) is 0 Å². The van der Waals surface area contributed by atoms with Gasteiger partial charge in [-0.1, -0.05) is 0 Å². The minimum Gasteiger partial charge on any atom is -0.457 e. The predicted molar refractivity (Wildman–Crippen MR) is 106 cm³/mol. The summed E-state index contributed by atoms with van der Waals surface area (Å²) in [4.78, 5) is 9.01. The molecule has 1 saturated carbocycles. The quantitative estimate of drug-likeness (QED) is 0.774. The lowest BCUT2D eigenvalue weighted by Crippen LogP contribution is -2.58. The summed E-state index contributed by atoms with van der Waals surface area (Å²) in [5.74, 6) is 1.00. The molecule has 0 saturated heterocycles. The Morgan fingerprint density at radius 1 is 1.00 bits per heavy atom. The number of ether oxygens (including phenoxy) is 1. The lowest BCUT2D eigenvalue weighted by molar-refractivity contribution is -0.788. The van der Waals surface area contributed by atoms with E-state index < -0.39 is 0 Å². The van der Waals surface area contributed by atoms with Gasteiger partial charge in [0.25, 0.3) is 0 Å². The zero-order chi connectivity index (χ0) is 19.0. The number of nitrogens with one attached hydrogen (secondary N) is 1. The molecule has 1 fully saturated rings. The Morgan fingerprint density at radius 3 is 2.39 bits per heavy atom. The molecule has 0 radical (unpaired) electrons. The van der Waals surface area contributed by atoms with Crippen LogP contribution in [0.15, 0.2) is 82.8 Å². The Bertz CT molecular complexity index is 1000. The van der Waals surface area contributed by atoms with Gasteiger partial charge in [-0.15, -0.1) is 10.0 Å². The summed E-state index contributed by atoms with van der Waals surface area (Å²) in [7, 11) is 0. The average Bonchev–Trinajstić information content (AvgIpc) is 3.11. The van der Waals surface area contributed by atoms with E-state index in [9.17, 15) is 4.39 Å². The molecule has 1 aliphatic carbocycles. The number of quaternary nitrogens is 1. The first-order chi connectivity index (χ1) is 13.7. The average molecular weight is 375 g/mol. The number of hydrogen-bond acceptors (Lipinski definition) is 4. The highest BCUT2D eigenvalue weighted by molar-refractivity contribution is 6.13. The van der Waals surface area contributed by atoms with Crippen LogP contribution in [0.4, 0.5) is 4.39 Å². The van der Waals surface area contributed by atoms with Crippen LogP contribution in [0.1, 0.15) is 24.8 Å². The zero-order valence-electron chi connectivity index (χ0n) is 15.3. The number of nitrogens with zero attached hydrogens (tertiary/aromatic N) is 3. The van der Waals surface area contributed by atoms with E-state index in [1.54, 1.807) is 12.1 Å². The molecule has 1 atom stereocenters. The molecular weight excluding hydrogens is 355 g/mol. The van der Waals surface area contributed by atoms with Gasteiger partial charge >= 0.3 is 0 Å². The van der Waals surface area contributed by atoms with Crippen molar-refractivity contribution in [1.82, 2.24) is 5.43 Å². The first kappa shape index (κ1) is 17.0. The lowest BCUT2D eigenvalue weighted by Gasteiger charge is -2.37. The van der Waals surface area contributed by atoms with Gasteiger partial charge in [-0.05, 0) is 67.8 Å². The van der Waals surface area contributed by atoms with Gasteiger partial charge in [0, 0.05) is 5.56 Å². The molecule has 2 heterocycles. The van der Waals surface area contributed by atoms with E-state index in [-0.39, 0.29) is 5.82 Å². The van der Waals surface area contributed by atoms with Crippen LogP contribution < -0.4 is 10.2 Å². The third kappa shape index (κ3) is 3.06. The number of allylic oxidation sites excluding steroid dienone is 1. The fraction of sp³-hybridized carbons (Fsp3) is 0.182. The van der Waals surface area contributed by atoms with Crippen molar-refractivity contribution < 1.29 is 13.7 Å². The van der Waals surface area contributed by atoms with Crippen LogP contribution in [0.25, 0.3) is 0 Å². The van der Waals surface area contributed by atoms with E-state index in [1.807, 2.05) is 49.2 Å². The molecule has 1 unspecified atom stereocenters. The molecule has 140 valence electrons. The second kappa shape index (κ2) is 6.82. The molecule has 0 bridgehead atoms. The number of rotatable bonds is 5. The van der Waals surface area contributed by atoms with Gasteiger partial charge < -0.3 is 4.74 Å². The van der Waals surface area contributed by atoms with Crippen LogP contribution in [0.2, 0.25) is 0 Å². The summed E-state index contributed by atoms with van der Waals surface area (Å²) in [6.45, 7) is 0. The van der Waals surface area contributed by atoms with Crippen molar-refractivity contribution >= 4 is 12.1 Å². The number of benzene rings is 2. The van der Waals surface area contributed by atoms with Crippen molar-refractivity contribution in [2.45, 2.75) is 25.3 Å². The molecule has 2 aliphatic heterocycles. The summed E-state index contributed by atoms with van der Waals surface area (Å²) in [5.41, 5.74) is 6.57. The van der Waals surface area contributed by atoms with Crippen molar-refractivity contribution in [3.63, 3.8) is 0 Å². The SMILES string of the molecule is Fc1ccc(Oc2ccc(C3=NC=C[N+]4(NC5CCC5)C=NC=C34)cc2)cc1. The predicted octanol–water partition coefficient (Wildman–Crippen LogP) is 4.65. The third-order valence-electron chi connectivity index (χ3n) is 5.27. The zero-order valence-corrected chi connectivity index (χ0v) is 15.3. The summed E-state index contributed by atoms with van der Waals surface area (Å²) in [6.07, 6.45) is 11.3. The van der Waals surface area contributed by atoms with Gasteiger partial charge in [0.05, 0.1) is 18.4 Å². The van der Waals surface area contributed by atoms with Gasteiger partial charge in [-0.2, -0.15) is 0 Å². The molecule has 2 aromatic rings. The van der Waals surface area contributed by atoms with Crippen molar-refractivity contribution in [2.24, 2.45) is 9.98 Å². The normalized spacial score (nSPS) is 23.0. The van der Waals surface area contributed by atoms with E-state index in [4.69, 9.17) is 4.74 Å². The fourth-order valence-corrected chi connectivity index (χ4v) is 3.53. The van der Waals surface area contributed by atoms with Gasteiger partial charge in [-0.25, -0.2) is 14.4 Å². The third-order valence-corrected chi connectivity index (χ3v) is 5.27. The molecule has 2 aromatic carbocycles. The smallest absolute Gasteiger partial charge is 0.219 e. The largest absolute Gasteiger partial charge is 0.457 e. The summed E-state index contributed by atoms with van der Waals surface area (Å²) < 4.78 is 19.2. The lowest BCUT2D eigenvalue weighted by atomic mass is 9.94. The maximum Gasteiger partial charge on any atom is 0.219 e. The van der Waals surface area contributed by atoms with Crippen LogP contribution in [0, 0.1) is 5.82 Å². The van der Waals surface area contributed by atoms with Crippen LogP contribution in [-0.4, -0.2) is 22.7 Å². The Hall–Kier alpha value is -3.09. The number of halogens is 1. The molecular formula is C22H20FN4O+. The molecule has 1 N–H and O–H groups in total. The molecule has 28 heavy (non-hydrogen) atoms. The molecule has 0 amide bonds. The Kier molecular flexibility index (Phi) is 4.15. The summed E-state index contributed by atoms with van der Waals surface area (Å²) >= 11 is 0. The van der Waals surface area contributed by atoms with Crippen molar-refractivity contribution in [3.05, 3.63) is 84.2 Å². The Labute approximate surface area is 162 Å². The van der Waals surface area contributed by atoms with Gasteiger partial charge in [0.1, 0.15) is 29.2 Å². The van der Waals surface area contributed by atoms with E-state index in [1.165, 1.54) is 31.4 Å². The minimum absolute atomic E-state index is 0.282.